The number of non-ortho nitro benzene ring substituents is 2. The molecular formula is C30H29N3O9. The number of ether oxygens (including phenoxy) is 2. The van der Waals surface area contributed by atoms with E-state index < -0.39 is 37.8 Å². The standard InChI is InChI=1S/C30H29N3O9/c1-3-4-5-6-7-8-13-42-22-11-9-19(10-12-22)14-23-24-15-20(31(35)36)17-26(30(34)41-2)28(24)29-25(23)16-21(32(37)38)18-27(29)33(39)40/h9-12,14-18H,3-8,13H2,1-2H3. The SMILES string of the molecule is CCCCCCCCOc1ccc(C=C2c3cc([N+](=O)[O-])cc(C(=O)OC)c3-c3c2cc([N+](=O)[O-])cc3[N+](=O)[O-])cc1. The summed E-state index contributed by atoms with van der Waals surface area (Å²) in [7, 11) is 1.08. The van der Waals surface area contributed by atoms with Crippen molar-refractivity contribution in [3.05, 3.63) is 101 Å². The summed E-state index contributed by atoms with van der Waals surface area (Å²) in [6.07, 6.45) is 8.42. The number of rotatable bonds is 13. The first-order valence-corrected chi connectivity index (χ1v) is 13.5. The van der Waals surface area contributed by atoms with Crippen molar-refractivity contribution in [3.63, 3.8) is 0 Å². The molecule has 0 spiro atoms. The maximum Gasteiger partial charge on any atom is 0.338 e. The summed E-state index contributed by atoms with van der Waals surface area (Å²) in [5.41, 5.74) is -0.766. The molecule has 0 amide bonds. The molecule has 4 rings (SSSR count). The summed E-state index contributed by atoms with van der Waals surface area (Å²) in [6, 6.07) is 11.1. The third-order valence-electron chi connectivity index (χ3n) is 7.04. The molecule has 0 bridgehead atoms. The number of nitro groups is 3. The molecule has 0 saturated heterocycles. The molecule has 0 aromatic heterocycles. The van der Waals surface area contributed by atoms with Crippen LogP contribution in [0.4, 0.5) is 17.1 Å². The number of nitro benzene ring substituents is 3. The minimum absolute atomic E-state index is 0.0363. The largest absolute Gasteiger partial charge is 0.494 e. The van der Waals surface area contributed by atoms with Crippen LogP contribution in [0.2, 0.25) is 0 Å². The van der Waals surface area contributed by atoms with Crippen LogP contribution in [0.15, 0.2) is 48.5 Å². The Hall–Kier alpha value is -5.13. The Labute approximate surface area is 241 Å². The first-order valence-electron chi connectivity index (χ1n) is 13.5. The van der Waals surface area contributed by atoms with E-state index in [1.807, 2.05) is 0 Å². The smallest absolute Gasteiger partial charge is 0.338 e. The van der Waals surface area contributed by atoms with Crippen LogP contribution < -0.4 is 4.74 Å². The lowest BCUT2D eigenvalue weighted by atomic mass is 9.96. The van der Waals surface area contributed by atoms with Gasteiger partial charge in [-0.3, -0.25) is 30.3 Å². The van der Waals surface area contributed by atoms with Gasteiger partial charge in [-0.2, -0.15) is 0 Å². The molecule has 0 atom stereocenters. The fraction of sp³-hybridized carbons (Fsp3) is 0.300. The van der Waals surface area contributed by atoms with Crippen molar-refractivity contribution in [2.45, 2.75) is 45.4 Å². The summed E-state index contributed by atoms with van der Waals surface area (Å²) < 4.78 is 10.7. The highest BCUT2D eigenvalue weighted by Gasteiger charge is 2.38. The topological polar surface area (TPSA) is 165 Å². The van der Waals surface area contributed by atoms with Crippen LogP contribution in [-0.2, 0) is 4.74 Å². The highest BCUT2D eigenvalue weighted by atomic mass is 16.6. The van der Waals surface area contributed by atoms with Crippen molar-refractivity contribution in [2.75, 3.05) is 13.7 Å². The lowest BCUT2D eigenvalue weighted by Crippen LogP contribution is -2.06. The van der Waals surface area contributed by atoms with Gasteiger partial charge in [0, 0.05) is 29.3 Å². The number of unbranched alkanes of at least 4 members (excludes halogenated alkanes) is 5. The van der Waals surface area contributed by atoms with Gasteiger partial charge in [0.2, 0.25) is 0 Å². The van der Waals surface area contributed by atoms with Crippen molar-refractivity contribution in [2.24, 2.45) is 0 Å². The molecule has 0 N–H and O–H groups in total. The molecule has 218 valence electrons. The monoisotopic (exact) mass is 575 g/mol. The summed E-state index contributed by atoms with van der Waals surface area (Å²) in [5, 5.41) is 35.5. The number of hydrogen-bond donors (Lipinski definition) is 0. The Morgan fingerprint density at radius 3 is 1.98 bits per heavy atom. The molecule has 12 nitrogen and oxygen atoms in total. The second kappa shape index (κ2) is 13.0. The van der Waals surface area contributed by atoms with E-state index in [9.17, 15) is 35.1 Å². The molecule has 0 radical (unpaired) electrons. The fourth-order valence-electron chi connectivity index (χ4n) is 5.02. The zero-order valence-electron chi connectivity index (χ0n) is 23.2. The van der Waals surface area contributed by atoms with E-state index >= 15 is 0 Å². The Bertz CT molecular complexity index is 1580. The third kappa shape index (κ3) is 6.27. The van der Waals surface area contributed by atoms with Gasteiger partial charge in [0.15, 0.2) is 0 Å². The zero-order valence-corrected chi connectivity index (χ0v) is 23.2. The number of hydrogen-bond acceptors (Lipinski definition) is 9. The highest BCUT2D eigenvalue weighted by Crippen LogP contribution is 2.53. The third-order valence-corrected chi connectivity index (χ3v) is 7.04. The lowest BCUT2D eigenvalue weighted by molar-refractivity contribution is -0.393. The van der Waals surface area contributed by atoms with E-state index in [1.165, 1.54) is 37.8 Å². The molecule has 12 heteroatoms. The van der Waals surface area contributed by atoms with E-state index in [0.717, 1.165) is 32.1 Å². The van der Waals surface area contributed by atoms with Gasteiger partial charge in [0.25, 0.3) is 17.1 Å². The minimum Gasteiger partial charge on any atom is -0.494 e. The second-order valence-corrected chi connectivity index (χ2v) is 9.81. The van der Waals surface area contributed by atoms with Crippen LogP contribution in [-0.4, -0.2) is 34.5 Å². The van der Waals surface area contributed by atoms with Gasteiger partial charge in [-0.15, -0.1) is 0 Å². The van der Waals surface area contributed by atoms with Crippen LogP contribution in [0.25, 0.3) is 22.8 Å². The molecule has 0 heterocycles. The van der Waals surface area contributed by atoms with Gasteiger partial charge in [-0.1, -0.05) is 51.2 Å². The first-order chi connectivity index (χ1) is 20.2. The Morgan fingerprint density at radius 2 is 1.38 bits per heavy atom. The molecule has 3 aromatic carbocycles. The minimum atomic E-state index is -0.943. The van der Waals surface area contributed by atoms with E-state index in [4.69, 9.17) is 9.47 Å². The summed E-state index contributed by atoms with van der Waals surface area (Å²) >= 11 is 0. The number of fused-ring (bicyclic) bond motifs is 3. The lowest BCUT2D eigenvalue weighted by Gasteiger charge is -2.09. The van der Waals surface area contributed by atoms with Crippen LogP contribution >= 0.6 is 0 Å². The molecule has 0 saturated carbocycles. The van der Waals surface area contributed by atoms with Gasteiger partial charge < -0.3 is 9.47 Å². The van der Waals surface area contributed by atoms with Crippen molar-refractivity contribution in [3.8, 4) is 16.9 Å². The maximum absolute atomic E-state index is 12.7. The average Bonchev–Trinajstić information content (AvgIpc) is 3.29. The van der Waals surface area contributed by atoms with Gasteiger partial charge in [-0.05, 0) is 41.3 Å². The molecule has 42 heavy (non-hydrogen) atoms. The number of methoxy groups -OCH3 is 1. The number of benzene rings is 3. The van der Waals surface area contributed by atoms with Crippen molar-refractivity contribution >= 4 is 34.7 Å². The Morgan fingerprint density at radius 1 is 0.786 bits per heavy atom. The average molecular weight is 576 g/mol. The van der Waals surface area contributed by atoms with Crippen LogP contribution in [0.5, 0.6) is 5.75 Å². The molecule has 3 aromatic rings. The molecule has 0 fully saturated rings. The molecule has 0 unspecified atom stereocenters. The van der Waals surface area contributed by atoms with Crippen LogP contribution in [0, 0.1) is 30.3 Å². The van der Waals surface area contributed by atoms with Crippen molar-refractivity contribution in [1.82, 2.24) is 0 Å². The molecule has 1 aliphatic rings. The number of esters is 1. The van der Waals surface area contributed by atoms with Crippen molar-refractivity contribution in [1.29, 1.82) is 0 Å². The normalized spacial score (nSPS) is 12.5. The first kappa shape index (κ1) is 29.8. The fourth-order valence-corrected chi connectivity index (χ4v) is 5.02. The molecule has 0 aliphatic heterocycles. The van der Waals surface area contributed by atoms with Gasteiger partial charge in [0.05, 0.1) is 45.7 Å². The Balaban J connectivity index is 1.79. The predicted octanol–water partition coefficient (Wildman–Crippen LogP) is 7.51. The van der Waals surface area contributed by atoms with E-state index in [2.05, 4.69) is 6.92 Å². The number of carbonyl (C=O) groups is 1. The number of nitrogens with zero attached hydrogens (tertiary/aromatic N) is 3. The van der Waals surface area contributed by atoms with E-state index in [1.54, 1.807) is 30.3 Å². The van der Waals surface area contributed by atoms with Crippen molar-refractivity contribution < 1.29 is 29.0 Å². The Kier molecular flexibility index (Phi) is 9.25. The maximum atomic E-state index is 12.7. The van der Waals surface area contributed by atoms with Crippen LogP contribution in [0.3, 0.4) is 0 Å². The quantitative estimate of drug-likeness (QED) is 0.0678. The summed E-state index contributed by atoms with van der Waals surface area (Å²) in [4.78, 5) is 46.0. The molecular weight excluding hydrogens is 546 g/mol. The summed E-state index contributed by atoms with van der Waals surface area (Å²) in [5.74, 6) is -0.297. The summed E-state index contributed by atoms with van der Waals surface area (Å²) in [6.45, 7) is 2.74. The van der Waals surface area contributed by atoms with Gasteiger partial charge in [0.1, 0.15) is 5.75 Å². The predicted molar refractivity (Wildman–Crippen MR) is 155 cm³/mol. The van der Waals surface area contributed by atoms with Gasteiger partial charge in [-0.25, -0.2) is 4.79 Å². The highest BCUT2D eigenvalue weighted by molar-refractivity contribution is 6.15. The van der Waals surface area contributed by atoms with Crippen LogP contribution in [0.1, 0.15) is 72.5 Å². The van der Waals surface area contributed by atoms with E-state index in [-0.39, 0.29) is 33.4 Å². The molecule has 1 aliphatic carbocycles. The van der Waals surface area contributed by atoms with Gasteiger partial charge >= 0.3 is 5.97 Å². The number of carbonyl (C=O) groups excluding carboxylic acids is 1. The second-order valence-electron chi connectivity index (χ2n) is 9.81. The van der Waals surface area contributed by atoms with E-state index in [0.29, 0.717) is 17.9 Å². The zero-order chi connectivity index (χ0) is 30.4.